The van der Waals surface area contributed by atoms with Gasteiger partial charge in [0.15, 0.2) is 0 Å². The minimum Gasteiger partial charge on any atom is -0.355 e. The highest BCUT2D eigenvalue weighted by Gasteiger charge is 2.18. The predicted octanol–water partition coefficient (Wildman–Crippen LogP) is 3.93. The number of anilines is 2. The van der Waals surface area contributed by atoms with Crippen molar-refractivity contribution in [3.63, 3.8) is 0 Å². The topological polar surface area (TPSA) is 58.1 Å². The van der Waals surface area contributed by atoms with E-state index >= 15 is 0 Å². The first-order chi connectivity index (χ1) is 11.5. The van der Waals surface area contributed by atoms with Crippen molar-refractivity contribution in [2.45, 2.75) is 26.7 Å². The number of carbonyl (C=O) groups excluding carboxylic acids is 1. The third-order valence-electron chi connectivity index (χ3n) is 4.43. The number of nitrogens with zero attached hydrogens (tertiary/aromatic N) is 3. The van der Waals surface area contributed by atoms with Crippen molar-refractivity contribution in [3.8, 4) is 0 Å². The van der Waals surface area contributed by atoms with Gasteiger partial charge in [-0.25, -0.2) is 9.97 Å². The zero-order chi connectivity index (χ0) is 17.1. The maximum Gasteiger partial charge on any atom is 0.275 e. The van der Waals surface area contributed by atoms with Crippen molar-refractivity contribution in [1.29, 1.82) is 0 Å². The van der Waals surface area contributed by atoms with E-state index in [1.807, 2.05) is 13.0 Å². The summed E-state index contributed by atoms with van der Waals surface area (Å²) in [6.07, 6.45) is 5.54. The average Bonchev–Trinajstić information content (AvgIpc) is 2.59. The van der Waals surface area contributed by atoms with Crippen LogP contribution in [0.2, 0.25) is 5.02 Å². The maximum atomic E-state index is 12.3. The van der Waals surface area contributed by atoms with Gasteiger partial charge in [-0.1, -0.05) is 24.6 Å². The van der Waals surface area contributed by atoms with Crippen LogP contribution in [0.1, 0.15) is 35.8 Å². The second-order valence-corrected chi connectivity index (χ2v) is 6.78. The lowest BCUT2D eigenvalue weighted by Gasteiger charge is -2.30. The summed E-state index contributed by atoms with van der Waals surface area (Å²) in [5.41, 5.74) is 1.92. The van der Waals surface area contributed by atoms with Crippen molar-refractivity contribution in [2.75, 3.05) is 23.3 Å². The normalized spacial score (nSPS) is 15.4. The Morgan fingerprint density at radius 3 is 2.67 bits per heavy atom. The largest absolute Gasteiger partial charge is 0.355 e. The van der Waals surface area contributed by atoms with Crippen LogP contribution in [0.5, 0.6) is 0 Å². The van der Waals surface area contributed by atoms with Gasteiger partial charge in [-0.05, 0) is 43.4 Å². The molecule has 6 heteroatoms. The molecule has 3 rings (SSSR count). The molecule has 1 saturated heterocycles. The molecule has 0 spiro atoms. The SMILES string of the molecule is Cc1ccc(Cl)cc1NC(=O)c1cnc(N2CCC(C)CC2)cn1. The van der Waals surface area contributed by atoms with E-state index in [1.54, 1.807) is 18.3 Å². The molecule has 0 unspecified atom stereocenters. The summed E-state index contributed by atoms with van der Waals surface area (Å²) in [7, 11) is 0. The molecule has 1 aliphatic rings. The van der Waals surface area contributed by atoms with Crippen LogP contribution in [0.25, 0.3) is 0 Å². The number of hydrogen-bond donors (Lipinski definition) is 1. The van der Waals surface area contributed by atoms with Crippen LogP contribution in [0.15, 0.2) is 30.6 Å². The van der Waals surface area contributed by atoms with Crippen LogP contribution in [0.4, 0.5) is 11.5 Å². The van der Waals surface area contributed by atoms with Gasteiger partial charge >= 0.3 is 0 Å². The predicted molar refractivity (Wildman–Crippen MR) is 96.8 cm³/mol. The highest BCUT2D eigenvalue weighted by Crippen LogP contribution is 2.22. The zero-order valence-electron chi connectivity index (χ0n) is 13.9. The summed E-state index contributed by atoms with van der Waals surface area (Å²) in [5.74, 6) is 1.31. The minimum absolute atomic E-state index is 0.285. The fraction of sp³-hybridized carbons (Fsp3) is 0.389. The molecule has 126 valence electrons. The van der Waals surface area contributed by atoms with Crippen molar-refractivity contribution < 1.29 is 4.79 Å². The quantitative estimate of drug-likeness (QED) is 0.916. The second kappa shape index (κ2) is 7.18. The zero-order valence-corrected chi connectivity index (χ0v) is 14.7. The number of benzene rings is 1. The Morgan fingerprint density at radius 2 is 2.00 bits per heavy atom. The van der Waals surface area contributed by atoms with E-state index in [1.165, 1.54) is 6.20 Å². The standard InChI is InChI=1S/C18H21ClN4O/c1-12-5-7-23(8-6-12)17-11-20-16(10-21-17)18(24)22-15-9-14(19)4-3-13(15)2/h3-4,9-12H,5-8H2,1-2H3,(H,22,24). The maximum absolute atomic E-state index is 12.3. The molecule has 5 nitrogen and oxygen atoms in total. The third kappa shape index (κ3) is 3.85. The van der Waals surface area contributed by atoms with Gasteiger partial charge < -0.3 is 10.2 Å². The van der Waals surface area contributed by atoms with Gasteiger partial charge in [-0.2, -0.15) is 0 Å². The van der Waals surface area contributed by atoms with Gasteiger partial charge in [0.05, 0.1) is 12.4 Å². The van der Waals surface area contributed by atoms with Crippen LogP contribution < -0.4 is 10.2 Å². The molecule has 24 heavy (non-hydrogen) atoms. The van der Waals surface area contributed by atoms with Crippen LogP contribution in [-0.2, 0) is 0 Å². The lowest BCUT2D eigenvalue weighted by molar-refractivity contribution is 0.102. The second-order valence-electron chi connectivity index (χ2n) is 6.34. The molecule has 0 radical (unpaired) electrons. The summed E-state index contributed by atoms with van der Waals surface area (Å²) in [4.78, 5) is 23.2. The first-order valence-electron chi connectivity index (χ1n) is 8.17. The monoisotopic (exact) mass is 344 g/mol. The number of amides is 1. The molecular formula is C18H21ClN4O. The number of nitrogens with one attached hydrogen (secondary N) is 1. The van der Waals surface area contributed by atoms with E-state index in [0.717, 1.165) is 43.2 Å². The summed E-state index contributed by atoms with van der Waals surface area (Å²) >= 11 is 5.98. The molecule has 1 fully saturated rings. The lowest BCUT2D eigenvalue weighted by Crippen LogP contribution is -2.33. The summed E-state index contributed by atoms with van der Waals surface area (Å²) in [6.45, 7) is 6.17. The number of piperidine rings is 1. The van der Waals surface area contributed by atoms with Crippen LogP contribution in [-0.4, -0.2) is 29.0 Å². The molecule has 0 atom stereocenters. The lowest BCUT2D eigenvalue weighted by atomic mass is 9.99. The first-order valence-corrected chi connectivity index (χ1v) is 8.55. The summed E-state index contributed by atoms with van der Waals surface area (Å²) < 4.78 is 0. The number of carbonyl (C=O) groups is 1. The number of rotatable bonds is 3. The number of halogens is 1. The van der Waals surface area contributed by atoms with Crippen LogP contribution >= 0.6 is 11.6 Å². The van der Waals surface area contributed by atoms with E-state index in [9.17, 15) is 4.79 Å². The fourth-order valence-electron chi connectivity index (χ4n) is 2.75. The average molecular weight is 345 g/mol. The van der Waals surface area contributed by atoms with Crippen LogP contribution in [0, 0.1) is 12.8 Å². The molecule has 0 saturated carbocycles. The molecular weight excluding hydrogens is 324 g/mol. The van der Waals surface area contributed by atoms with Gasteiger partial charge in [-0.3, -0.25) is 4.79 Å². The van der Waals surface area contributed by atoms with Crippen LogP contribution in [0.3, 0.4) is 0 Å². The van der Waals surface area contributed by atoms with Crippen molar-refractivity contribution in [3.05, 3.63) is 46.9 Å². The van der Waals surface area contributed by atoms with E-state index in [0.29, 0.717) is 16.4 Å². The number of aromatic nitrogens is 2. The Bertz CT molecular complexity index is 724. The highest BCUT2D eigenvalue weighted by molar-refractivity contribution is 6.31. The van der Waals surface area contributed by atoms with E-state index in [2.05, 4.69) is 27.1 Å². The van der Waals surface area contributed by atoms with Gasteiger partial charge in [0, 0.05) is 23.8 Å². The Kier molecular flexibility index (Phi) is 5.00. The smallest absolute Gasteiger partial charge is 0.275 e. The Hall–Kier alpha value is -2.14. The molecule has 1 N–H and O–H groups in total. The summed E-state index contributed by atoms with van der Waals surface area (Å²) in [6, 6.07) is 5.39. The Morgan fingerprint density at radius 1 is 1.25 bits per heavy atom. The number of aryl methyl sites for hydroxylation is 1. The Balaban J connectivity index is 1.68. The minimum atomic E-state index is -0.285. The van der Waals surface area contributed by atoms with Crippen molar-refractivity contribution >= 4 is 29.0 Å². The van der Waals surface area contributed by atoms with E-state index in [-0.39, 0.29) is 5.91 Å². The molecule has 2 aromatic rings. The Labute approximate surface area is 147 Å². The molecule has 1 aromatic carbocycles. The molecule has 1 amide bonds. The van der Waals surface area contributed by atoms with Crippen molar-refractivity contribution in [1.82, 2.24) is 9.97 Å². The van der Waals surface area contributed by atoms with E-state index in [4.69, 9.17) is 11.6 Å². The molecule has 0 aliphatic carbocycles. The molecule has 1 aromatic heterocycles. The van der Waals surface area contributed by atoms with Gasteiger partial charge in [0.2, 0.25) is 0 Å². The van der Waals surface area contributed by atoms with Gasteiger partial charge in [0.25, 0.3) is 5.91 Å². The number of hydrogen-bond acceptors (Lipinski definition) is 4. The molecule has 0 bridgehead atoms. The fourth-order valence-corrected chi connectivity index (χ4v) is 2.93. The highest BCUT2D eigenvalue weighted by atomic mass is 35.5. The van der Waals surface area contributed by atoms with Gasteiger partial charge in [0.1, 0.15) is 11.5 Å². The van der Waals surface area contributed by atoms with E-state index < -0.39 is 0 Å². The summed E-state index contributed by atoms with van der Waals surface area (Å²) in [5, 5.41) is 3.41. The van der Waals surface area contributed by atoms with Gasteiger partial charge in [-0.15, -0.1) is 0 Å². The third-order valence-corrected chi connectivity index (χ3v) is 4.66. The van der Waals surface area contributed by atoms with Crippen molar-refractivity contribution in [2.24, 2.45) is 5.92 Å². The molecule has 2 heterocycles. The first kappa shape index (κ1) is 16.7. The molecule has 1 aliphatic heterocycles.